The number of carbonyl (C=O) groups excluding carboxylic acids is 1. The molecule has 2 unspecified atom stereocenters. The number of rotatable bonds is 5. The number of carbonyl (C=O) groups is 1. The molecule has 0 aliphatic carbocycles. The topological polar surface area (TPSA) is 54.3 Å². The molecule has 1 aromatic carbocycles. The zero-order valence-corrected chi connectivity index (χ0v) is 14.1. The summed E-state index contributed by atoms with van der Waals surface area (Å²) in [5.41, 5.74) is 0.943. The van der Waals surface area contributed by atoms with Gasteiger partial charge in [0.25, 0.3) is 5.91 Å². The van der Waals surface area contributed by atoms with Crippen molar-refractivity contribution in [3.8, 4) is 0 Å². The van der Waals surface area contributed by atoms with Crippen LogP contribution in [-0.4, -0.2) is 24.5 Å². The molecule has 1 aromatic heterocycles. The number of furan rings is 1. The average molecular weight is 330 g/mol. The highest BCUT2D eigenvalue weighted by molar-refractivity contribution is 7.98. The third kappa shape index (κ3) is 4.39. The van der Waals surface area contributed by atoms with Crippen LogP contribution >= 0.6 is 11.8 Å². The largest absolute Gasteiger partial charge is 0.459 e. The third-order valence-corrected chi connectivity index (χ3v) is 5.11. The lowest BCUT2D eigenvalue weighted by atomic mass is 10.0. The smallest absolute Gasteiger partial charge is 0.287 e. The second kappa shape index (κ2) is 7.70. The molecule has 4 nitrogen and oxygen atoms in total. The van der Waals surface area contributed by atoms with Crippen molar-refractivity contribution in [2.45, 2.75) is 42.5 Å². The van der Waals surface area contributed by atoms with Crippen molar-refractivity contribution in [1.82, 2.24) is 10.6 Å². The molecule has 122 valence electrons. The molecule has 1 fully saturated rings. The predicted octanol–water partition coefficient (Wildman–Crippen LogP) is 3.44. The zero-order valence-electron chi connectivity index (χ0n) is 13.2. The van der Waals surface area contributed by atoms with Crippen LogP contribution in [0, 0.1) is 0 Å². The highest BCUT2D eigenvalue weighted by Gasteiger charge is 2.23. The van der Waals surface area contributed by atoms with E-state index < -0.39 is 0 Å². The molecule has 1 saturated heterocycles. The van der Waals surface area contributed by atoms with Gasteiger partial charge in [0, 0.05) is 28.3 Å². The van der Waals surface area contributed by atoms with Crippen molar-refractivity contribution in [1.29, 1.82) is 0 Å². The number of hydrogen-bond donors (Lipinski definition) is 2. The van der Waals surface area contributed by atoms with Gasteiger partial charge >= 0.3 is 0 Å². The van der Waals surface area contributed by atoms with E-state index in [1.165, 1.54) is 4.90 Å². The van der Waals surface area contributed by atoms with Crippen molar-refractivity contribution >= 4 is 17.7 Å². The summed E-state index contributed by atoms with van der Waals surface area (Å²) in [6, 6.07) is 12.7. The number of thioether (sulfide) groups is 1. The lowest BCUT2D eigenvalue weighted by Crippen LogP contribution is -2.46. The monoisotopic (exact) mass is 330 g/mol. The highest BCUT2D eigenvalue weighted by atomic mass is 32.2. The van der Waals surface area contributed by atoms with E-state index in [1.54, 1.807) is 18.0 Å². The Morgan fingerprint density at radius 1 is 1.35 bits per heavy atom. The van der Waals surface area contributed by atoms with Gasteiger partial charge in [-0.3, -0.25) is 4.79 Å². The Morgan fingerprint density at radius 2 is 2.17 bits per heavy atom. The first-order chi connectivity index (χ1) is 11.2. The number of amides is 1. The van der Waals surface area contributed by atoms with Crippen molar-refractivity contribution in [2.24, 2.45) is 0 Å². The fraction of sp³-hybridized carbons (Fsp3) is 0.389. The Hall–Kier alpha value is -1.72. The summed E-state index contributed by atoms with van der Waals surface area (Å²) in [4.78, 5) is 13.7. The summed E-state index contributed by atoms with van der Waals surface area (Å²) in [6.07, 6.45) is 3.52. The molecule has 0 saturated carbocycles. The minimum absolute atomic E-state index is 0.0993. The van der Waals surface area contributed by atoms with Gasteiger partial charge < -0.3 is 15.1 Å². The first kappa shape index (κ1) is 16.1. The van der Waals surface area contributed by atoms with Crippen molar-refractivity contribution in [2.75, 3.05) is 6.54 Å². The van der Waals surface area contributed by atoms with Crippen LogP contribution < -0.4 is 10.6 Å². The van der Waals surface area contributed by atoms with E-state index in [0.717, 1.165) is 30.7 Å². The lowest BCUT2D eigenvalue weighted by molar-refractivity contribution is 0.0896. The summed E-state index contributed by atoms with van der Waals surface area (Å²) < 4.78 is 5.44. The number of benzene rings is 1. The van der Waals surface area contributed by atoms with Gasteiger partial charge in [-0.15, -0.1) is 11.8 Å². The maximum atomic E-state index is 12.5. The van der Waals surface area contributed by atoms with E-state index in [4.69, 9.17) is 4.42 Å². The molecule has 5 heteroatoms. The minimum Gasteiger partial charge on any atom is -0.459 e. The molecule has 0 bridgehead atoms. The molecule has 1 aliphatic rings. The van der Waals surface area contributed by atoms with Gasteiger partial charge in [0.15, 0.2) is 5.76 Å². The zero-order chi connectivity index (χ0) is 16.1. The van der Waals surface area contributed by atoms with Crippen LogP contribution in [0.3, 0.4) is 0 Å². The van der Waals surface area contributed by atoms with Gasteiger partial charge in [0.05, 0.1) is 6.26 Å². The molecular formula is C18H22N2O2S. The van der Waals surface area contributed by atoms with Crippen LogP contribution in [-0.2, 0) is 5.75 Å². The Bertz CT molecular complexity index is 641. The quantitative estimate of drug-likeness (QED) is 0.825. The standard InChI is InChI=1S/C18H22N2O2S/c1-13-11-15(7-9-19-13)20-18(21)17-14(8-10-22-17)12-23-16-5-3-2-4-6-16/h2-6,8,10,13,15,19H,7,9,11-12H2,1H3,(H,20,21). The maximum Gasteiger partial charge on any atom is 0.287 e. The van der Waals surface area contributed by atoms with E-state index in [0.29, 0.717) is 11.8 Å². The molecule has 3 rings (SSSR count). The molecule has 1 amide bonds. The van der Waals surface area contributed by atoms with Crippen LogP contribution in [0.2, 0.25) is 0 Å². The minimum atomic E-state index is -0.0993. The van der Waals surface area contributed by atoms with Crippen molar-refractivity contribution in [3.05, 3.63) is 54.0 Å². The van der Waals surface area contributed by atoms with Gasteiger partial charge in [-0.05, 0) is 44.5 Å². The van der Waals surface area contributed by atoms with Crippen LogP contribution in [0.15, 0.2) is 52.0 Å². The average Bonchev–Trinajstić information content (AvgIpc) is 3.02. The lowest BCUT2D eigenvalue weighted by Gasteiger charge is -2.28. The number of nitrogens with one attached hydrogen (secondary N) is 2. The van der Waals surface area contributed by atoms with Crippen LogP contribution in [0.1, 0.15) is 35.9 Å². The van der Waals surface area contributed by atoms with Crippen LogP contribution in [0.4, 0.5) is 0 Å². The highest BCUT2D eigenvalue weighted by Crippen LogP contribution is 2.25. The fourth-order valence-corrected chi connectivity index (χ4v) is 3.74. The molecule has 0 radical (unpaired) electrons. The van der Waals surface area contributed by atoms with Crippen molar-refractivity contribution in [3.63, 3.8) is 0 Å². The Morgan fingerprint density at radius 3 is 2.96 bits per heavy atom. The Kier molecular flexibility index (Phi) is 5.41. The fourth-order valence-electron chi connectivity index (χ4n) is 2.84. The third-order valence-electron chi connectivity index (χ3n) is 4.05. The van der Waals surface area contributed by atoms with E-state index in [2.05, 4.69) is 29.7 Å². The summed E-state index contributed by atoms with van der Waals surface area (Å²) in [5, 5.41) is 6.50. The number of piperidine rings is 1. The van der Waals surface area contributed by atoms with Gasteiger partial charge in [0.2, 0.25) is 0 Å². The van der Waals surface area contributed by atoms with E-state index in [9.17, 15) is 4.79 Å². The first-order valence-electron chi connectivity index (χ1n) is 8.01. The molecule has 2 heterocycles. The summed E-state index contributed by atoms with van der Waals surface area (Å²) in [7, 11) is 0. The molecule has 0 spiro atoms. The van der Waals surface area contributed by atoms with Gasteiger partial charge in [-0.25, -0.2) is 0 Å². The Labute approximate surface area is 141 Å². The van der Waals surface area contributed by atoms with Crippen LogP contribution in [0.25, 0.3) is 0 Å². The van der Waals surface area contributed by atoms with Crippen molar-refractivity contribution < 1.29 is 9.21 Å². The van der Waals surface area contributed by atoms with E-state index in [-0.39, 0.29) is 11.9 Å². The molecular weight excluding hydrogens is 308 g/mol. The normalized spacial score (nSPS) is 21.1. The van der Waals surface area contributed by atoms with Gasteiger partial charge in [-0.1, -0.05) is 18.2 Å². The first-order valence-corrected chi connectivity index (χ1v) is 8.99. The van der Waals surface area contributed by atoms with Crippen LogP contribution in [0.5, 0.6) is 0 Å². The summed E-state index contributed by atoms with van der Waals surface area (Å²) >= 11 is 1.71. The molecule has 1 aliphatic heterocycles. The SMILES string of the molecule is CC1CC(NC(=O)c2occc2CSc2ccccc2)CCN1. The molecule has 23 heavy (non-hydrogen) atoms. The van der Waals surface area contributed by atoms with E-state index in [1.807, 2.05) is 24.3 Å². The predicted molar refractivity (Wildman–Crippen MR) is 92.7 cm³/mol. The number of hydrogen-bond acceptors (Lipinski definition) is 4. The van der Waals surface area contributed by atoms with Gasteiger partial charge in [-0.2, -0.15) is 0 Å². The summed E-state index contributed by atoms with van der Waals surface area (Å²) in [5.74, 6) is 1.07. The summed E-state index contributed by atoms with van der Waals surface area (Å²) in [6.45, 7) is 3.09. The molecule has 2 atom stereocenters. The second-order valence-corrected chi connectivity index (χ2v) is 6.98. The maximum absolute atomic E-state index is 12.5. The Balaban J connectivity index is 1.59. The van der Waals surface area contributed by atoms with E-state index >= 15 is 0 Å². The molecule has 2 aromatic rings. The molecule has 2 N–H and O–H groups in total. The van der Waals surface area contributed by atoms with Gasteiger partial charge in [0.1, 0.15) is 0 Å². The second-order valence-electron chi connectivity index (χ2n) is 5.93.